The summed E-state index contributed by atoms with van der Waals surface area (Å²) in [5.74, 6) is -1.01. The standard InChI is InChI=1S/C13H16O6S/c1-18-10-4-2-3-5-12(10)20(16,17)8-9-6-7-11(19-9)13(14)15/h2-5,9,11H,6-8H2,1H3,(H,14,15). The Bertz CT molecular complexity index is 595. The molecule has 2 atom stereocenters. The van der Waals surface area contributed by atoms with Crippen LogP contribution in [0.5, 0.6) is 5.75 Å². The highest BCUT2D eigenvalue weighted by Crippen LogP contribution is 2.28. The molecule has 6 nitrogen and oxygen atoms in total. The molecule has 1 aliphatic rings. The van der Waals surface area contributed by atoms with Crippen molar-refractivity contribution in [3.63, 3.8) is 0 Å². The number of hydrogen-bond donors (Lipinski definition) is 1. The Hall–Kier alpha value is -1.60. The van der Waals surface area contributed by atoms with Crippen molar-refractivity contribution in [2.24, 2.45) is 0 Å². The fourth-order valence-corrected chi connectivity index (χ4v) is 3.88. The predicted octanol–water partition coefficient (Wildman–Crippen LogP) is 1.10. The van der Waals surface area contributed by atoms with Gasteiger partial charge in [0.15, 0.2) is 15.9 Å². The highest BCUT2D eigenvalue weighted by Gasteiger charge is 2.34. The largest absolute Gasteiger partial charge is 0.495 e. The molecule has 1 aromatic carbocycles. The van der Waals surface area contributed by atoms with E-state index in [-0.39, 0.29) is 16.4 Å². The van der Waals surface area contributed by atoms with Crippen LogP contribution >= 0.6 is 0 Å². The van der Waals surface area contributed by atoms with Gasteiger partial charge in [-0.05, 0) is 25.0 Å². The minimum Gasteiger partial charge on any atom is -0.495 e. The van der Waals surface area contributed by atoms with Crippen LogP contribution in [0.4, 0.5) is 0 Å². The summed E-state index contributed by atoms with van der Waals surface area (Å²) in [5, 5.41) is 8.83. The maximum absolute atomic E-state index is 12.3. The van der Waals surface area contributed by atoms with Crippen molar-refractivity contribution < 1.29 is 27.8 Å². The minimum absolute atomic E-state index is 0.102. The van der Waals surface area contributed by atoms with Crippen LogP contribution in [0.25, 0.3) is 0 Å². The van der Waals surface area contributed by atoms with Gasteiger partial charge in [0.1, 0.15) is 10.6 Å². The summed E-state index contributed by atoms with van der Waals surface area (Å²) in [6.45, 7) is 0. The van der Waals surface area contributed by atoms with Crippen LogP contribution in [-0.2, 0) is 19.4 Å². The van der Waals surface area contributed by atoms with Crippen LogP contribution in [-0.4, -0.2) is 44.6 Å². The summed E-state index contributed by atoms with van der Waals surface area (Å²) in [4.78, 5) is 10.9. The van der Waals surface area contributed by atoms with E-state index in [2.05, 4.69) is 0 Å². The molecular weight excluding hydrogens is 284 g/mol. The van der Waals surface area contributed by atoms with E-state index in [0.717, 1.165) is 0 Å². The van der Waals surface area contributed by atoms with E-state index in [0.29, 0.717) is 12.8 Å². The first-order chi connectivity index (χ1) is 9.44. The van der Waals surface area contributed by atoms with E-state index in [1.54, 1.807) is 18.2 Å². The minimum atomic E-state index is -3.58. The van der Waals surface area contributed by atoms with Crippen molar-refractivity contribution in [2.75, 3.05) is 12.9 Å². The maximum atomic E-state index is 12.3. The van der Waals surface area contributed by atoms with E-state index in [4.69, 9.17) is 14.6 Å². The van der Waals surface area contributed by atoms with Crippen LogP contribution in [0.2, 0.25) is 0 Å². The van der Waals surface area contributed by atoms with Gasteiger partial charge in [-0.15, -0.1) is 0 Å². The first kappa shape index (κ1) is 14.8. The first-order valence-corrected chi connectivity index (χ1v) is 7.83. The zero-order valence-electron chi connectivity index (χ0n) is 11.0. The number of methoxy groups -OCH3 is 1. The SMILES string of the molecule is COc1ccccc1S(=O)(=O)CC1CCC(C(=O)O)O1. The van der Waals surface area contributed by atoms with Gasteiger partial charge in [0.2, 0.25) is 0 Å². The smallest absolute Gasteiger partial charge is 0.332 e. The molecule has 0 aromatic heterocycles. The van der Waals surface area contributed by atoms with Gasteiger partial charge in [0.25, 0.3) is 0 Å². The van der Waals surface area contributed by atoms with Gasteiger partial charge in [-0.1, -0.05) is 12.1 Å². The molecule has 1 fully saturated rings. The fraction of sp³-hybridized carbons (Fsp3) is 0.462. The van der Waals surface area contributed by atoms with Crippen LogP contribution in [0.1, 0.15) is 12.8 Å². The first-order valence-electron chi connectivity index (χ1n) is 6.18. The van der Waals surface area contributed by atoms with E-state index in [1.165, 1.54) is 13.2 Å². The topological polar surface area (TPSA) is 89.9 Å². The van der Waals surface area contributed by atoms with Crippen molar-refractivity contribution in [2.45, 2.75) is 29.9 Å². The highest BCUT2D eigenvalue weighted by molar-refractivity contribution is 7.91. The van der Waals surface area contributed by atoms with Crippen LogP contribution in [0.15, 0.2) is 29.2 Å². The highest BCUT2D eigenvalue weighted by atomic mass is 32.2. The van der Waals surface area contributed by atoms with Gasteiger partial charge in [0, 0.05) is 0 Å². The Morgan fingerprint density at radius 3 is 2.70 bits per heavy atom. The third kappa shape index (κ3) is 3.10. The lowest BCUT2D eigenvalue weighted by molar-refractivity contribution is -0.148. The van der Waals surface area contributed by atoms with Crippen molar-refractivity contribution >= 4 is 15.8 Å². The fourth-order valence-electron chi connectivity index (χ4n) is 2.22. The lowest BCUT2D eigenvalue weighted by atomic mass is 10.2. The number of carboxylic acid groups (broad SMARTS) is 1. The number of sulfone groups is 1. The quantitative estimate of drug-likeness (QED) is 0.876. The molecule has 2 rings (SSSR count). The van der Waals surface area contributed by atoms with Crippen LogP contribution in [0, 0.1) is 0 Å². The van der Waals surface area contributed by atoms with Gasteiger partial charge in [-0.25, -0.2) is 13.2 Å². The number of carbonyl (C=O) groups is 1. The molecule has 0 aliphatic carbocycles. The van der Waals surface area contributed by atoms with Gasteiger partial charge in [-0.3, -0.25) is 0 Å². The Kier molecular flexibility index (Phi) is 4.29. The molecule has 0 amide bonds. The molecule has 20 heavy (non-hydrogen) atoms. The zero-order valence-corrected chi connectivity index (χ0v) is 11.8. The van der Waals surface area contributed by atoms with Crippen LogP contribution < -0.4 is 4.74 Å². The van der Waals surface area contributed by atoms with Crippen molar-refractivity contribution in [1.82, 2.24) is 0 Å². The summed E-state index contributed by atoms with van der Waals surface area (Å²) < 4.78 is 34.9. The molecule has 0 radical (unpaired) electrons. The summed E-state index contributed by atoms with van der Waals surface area (Å²) in [5.41, 5.74) is 0. The summed E-state index contributed by atoms with van der Waals surface area (Å²) >= 11 is 0. The Morgan fingerprint density at radius 1 is 1.40 bits per heavy atom. The van der Waals surface area contributed by atoms with E-state index in [9.17, 15) is 13.2 Å². The molecule has 110 valence electrons. The number of rotatable bonds is 5. The summed E-state index contributed by atoms with van der Waals surface area (Å²) in [6.07, 6.45) is -0.744. The molecule has 1 N–H and O–H groups in total. The van der Waals surface area contributed by atoms with Crippen LogP contribution in [0.3, 0.4) is 0 Å². The van der Waals surface area contributed by atoms with Crippen molar-refractivity contribution in [3.8, 4) is 5.75 Å². The normalized spacial score (nSPS) is 22.6. The number of ether oxygens (including phenoxy) is 2. The number of hydrogen-bond acceptors (Lipinski definition) is 5. The number of aliphatic carboxylic acids is 1. The second kappa shape index (κ2) is 5.80. The number of para-hydroxylation sites is 1. The maximum Gasteiger partial charge on any atom is 0.332 e. The van der Waals surface area contributed by atoms with Gasteiger partial charge in [0.05, 0.1) is 19.0 Å². The molecule has 1 aliphatic heterocycles. The Morgan fingerprint density at radius 2 is 2.10 bits per heavy atom. The summed E-state index contributed by atoms with van der Waals surface area (Å²) in [7, 11) is -2.17. The molecular formula is C13H16O6S. The lowest BCUT2D eigenvalue weighted by Gasteiger charge is -2.13. The number of benzene rings is 1. The molecule has 0 spiro atoms. The lowest BCUT2D eigenvalue weighted by Crippen LogP contribution is -2.25. The van der Waals surface area contributed by atoms with Crippen molar-refractivity contribution in [1.29, 1.82) is 0 Å². The molecule has 0 saturated carbocycles. The zero-order chi connectivity index (χ0) is 14.8. The Labute approximate surface area is 117 Å². The molecule has 1 saturated heterocycles. The monoisotopic (exact) mass is 300 g/mol. The molecule has 7 heteroatoms. The van der Waals surface area contributed by atoms with Gasteiger partial charge in [-0.2, -0.15) is 0 Å². The van der Waals surface area contributed by atoms with Gasteiger partial charge >= 0.3 is 5.97 Å². The molecule has 1 aromatic rings. The average Bonchev–Trinajstić information content (AvgIpc) is 2.86. The van der Waals surface area contributed by atoms with E-state index >= 15 is 0 Å². The Balaban J connectivity index is 2.14. The number of carboxylic acids is 1. The second-order valence-corrected chi connectivity index (χ2v) is 6.60. The summed E-state index contributed by atoms with van der Waals surface area (Å²) in [6, 6.07) is 6.34. The molecule has 0 bridgehead atoms. The third-order valence-electron chi connectivity index (χ3n) is 3.19. The predicted molar refractivity (Wildman–Crippen MR) is 70.6 cm³/mol. The van der Waals surface area contributed by atoms with E-state index in [1.807, 2.05) is 0 Å². The third-order valence-corrected chi connectivity index (χ3v) is 5.01. The molecule has 2 unspecified atom stereocenters. The van der Waals surface area contributed by atoms with E-state index < -0.39 is 28.0 Å². The average molecular weight is 300 g/mol. The molecule has 1 heterocycles. The van der Waals surface area contributed by atoms with Gasteiger partial charge < -0.3 is 14.6 Å². The van der Waals surface area contributed by atoms with Crippen molar-refractivity contribution in [3.05, 3.63) is 24.3 Å². The second-order valence-electron chi connectivity index (χ2n) is 4.59.